The van der Waals surface area contributed by atoms with Gasteiger partial charge < -0.3 is 15.0 Å². The number of H-pyrrole nitrogens is 1. The lowest BCUT2D eigenvalue weighted by molar-refractivity contribution is 0.0855. The van der Waals surface area contributed by atoms with E-state index in [0.717, 1.165) is 24.0 Å². The molecule has 3 heterocycles. The van der Waals surface area contributed by atoms with Crippen LogP contribution in [0.15, 0.2) is 71.8 Å². The number of ether oxygens (including phenoxy) is 1. The van der Waals surface area contributed by atoms with Gasteiger partial charge in [-0.2, -0.15) is 0 Å². The molecule has 8 nitrogen and oxygen atoms in total. The highest BCUT2D eigenvalue weighted by atomic mass is 32.2. The number of hydrogen-bond donors (Lipinski definition) is 3. The van der Waals surface area contributed by atoms with Crippen LogP contribution in [0.25, 0.3) is 22.2 Å². The largest absolute Gasteiger partial charge is 0.376 e. The van der Waals surface area contributed by atoms with Gasteiger partial charge in [0.2, 0.25) is 0 Å². The fourth-order valence-electron chi connectivity index (χ4n) is 4.65. The molecular formula is C29H32N4O4S. The van der Waals surface area contributed by atoms with Crippen LogP contribution in [0.5, 0.6) is 0 Å². The zero-order chi connectivity index (χ0) is 26.9. The van der Waals surface area contributed by atoms with Crippen LogP contribution in [0, 0.1) is 0 Å². The summed E-state index contributed by atoms with van der Waals surface area (Å²) in [4.78, 5) is 21.0. The maximum Gasteiger partial charge on any atom is 0.268 e. The van der Waals surface area contributed by atoms with Gasteiger partial charge >= 0.3 is 0 Å². The average molecular weight is 533 g/mol. The number of aromatic amines is 1. The Labute approximate surface area is 222 Å². The summed E-state index contributed by atoms with van der Waals surface area (Å²) in [6.07, 6.45) is 3.37. The summed E-state index contributed by atoms with van der Waals surface area (Å²) in [5, 5.41) is 3.61. The average Bonchev–Trinajstić information content (AvgIpc) is 3.55. The van der Waals surface area contributed by atoms with Crippen LogP contribution in [-0.2, 0) is 20.2 Å². The third kappa shape index (κ3) is 5.44. The third-order valence-electron chi connectivity index (χ3n) is 6.74. The minimum atomic E-state index is -3.84. The van der Waals surface area contributed by atoms with Crippen LogP contribution >= 0.6 is 0 Å². The molecule has 0 spiro atoms. The molecule has 0 aliphatic carbocycles. The summed E-state index contributed by atoms with van der Waals surface area (Å²) in [7, 11) is -3.84. The number of sulfonamides is 1. The van der Waals surface area contributed by atoms with E-state index in [0.29, 0.717) is 41.1 Å². The van der Waals surface area contributed by atoms with Gasteiger partial charge in [0.15, 0.2) is 0 Å². The predicted octanol–water partition coefficient (Wildman–Crippen LogP) is 5.24. The Morgan fingerprint density at radius 1 is 1.11 bits per heavy atom. The summed E-state index contributed by atoms with van der Waals surface area (Å²) in [6, 6.07) is 18.1. The summed E-state index contributed by atoms with van der Waals surface area (Å²) >= 11 is 0. The quantitative estimate of drug-likeness (QED) is 0.301. The number of nitrogens with zero attached hydrogens (tertiary/aromatic N) is 1. The lowest BCUT2D eigenvalue weighted by atomic mass is 9.87. The van der Waals surface area contributed by atoms with Gasteiger partial charge in [0.25, 0.3) is 15.9 Å². The molecule has 1 atom stereocenters. The van der Waals surface area contributed by atoms with Crippen molar-refractivity contribution in [3.05, 3.63) is 78.1 Å². The Kier molecular flexibility index (Phi) is 6.98. The van der Waals surface area contributed by atoms with Gasteiger partial charge in [-0.15, -0.1) is 0 Å². The summed E-state index contributed by atoms with van der Waals surface area (Å²) in [5.74, 6) is -0.265. The number of carbonyl (C=O) groups is 1. The highest BCUT2D eigenvalue weighted by molar-refractivity contribution is 7.92. The topological polar surface area (TPSA) is 113 Å². The Hall–Kier alpha value is -3.69. The van der Waals surface area contributed by atoms with Crippen LogP contribution in [0.1, 0.15) is 49.7 Å². The van der Waals surface area contributed by atoms with Crippen molar-refractivity contribution in [2.45, 2.75) is 50.0 Å². The lowest BCUT2D eigenvalue weighted by Crippen LogP contribution is -2.32. The molecular weight excluding hydrogens is 500 g/mol. The SMILES string of the molecule is CC(C)(C)c1ccc(S(=O)(=O)Nc2cnc3[nH]c(C(=O)NC[C@H]4CCCO4)c(-c4ccccc4)c3c2)cc1. The van der Waals surface area contributed by atoms with Crippen LogP contribution in [0.2, 0.25) is 0 Å². The molecule has 9 heteroatoms. The zero-order valence-corrected chi connectivity index (χ0v) is 22.6. The fraction of sp³-hybridized carbons (Fsp3) is 0.310. The molecule has 5 rings (SSSR count). The number of anilines is 1. The van der Waals surface area contributed by atoms with Crippen LogP contribution < -0.4 is 10.0 Å². The molecule has 1 amide bonds. The molecule has 0 radical (unpaired) electrons. The Bertz CT molecular complexity index is 1550. The van der Waals surface area contributed by atoms with Crippen molar-refractivity contribution in [2.75, 3.05) is 17.9 Å². The van der Waals surface area contributed by atoms with Gasteiger partial charge in [0.05, 0.1) is 22.9 Å². The molecule has 0 saturated carbocycles. The number of nitrogens with one attached hydrogen (secondary N) is 3. The second kappa shape index (κ2) is 10.2. The van der Waals surface area contributed by atoms with Gasteiger partial charge in [-0.3, -0.25) is 9.52 Å². The van der Waals surface area contributed by atoms with Crippen molar-refractivity contribution in [3.8, 4) is 11.1 Å². The van der Waals surface area contributed by atoms with E-state index in [1.807, 2.05) is 42.5 Å². The Morgan fingerprint density at radius 3 is 2.50 bits per heavy atom. The predicted molar refractivity (Wildman–Crippen MR) is 149 cm³/mol. The van der Waals surface area contributed by atoms with Crippen molar-refractivity contribution < 1.29 is 17.9 Å². The van der Waals surface area contributed by atoms with Crippen LogP contribution in [0.3, 0.4) is 0 Å². The second-order valence-electron chi connectivity index (χ2n) is 10.6. The molecule has 1 aliphatic rings. The molecule has 1 saturated heterocycles. The van der Waals surface area contributed by atoms with Gasteiger partial charge in [-0.25, -0.2) is 13.4 Å². The standard InChI is InChI=1S/C29H32N4O4S/c1-29(2,3)20-11-13-23(14-12-20)38(35,36)33-21-16-24-25(19-8-5-4-6-9-19)26(32-27(24)30-17-21)28(34)31-18-22-10-7-15-37-22/h4-6,8-9,11-14,16-17,22,33H,7,10,15,18H2,1-3H3,(H,30,32)(H,31,34)/t22-/m1/s1. The molecule has 1 aliphatic heterocycles. The fourth-order valence-corrected chi connectivity index (χ4v) is 5.68. The van der Waals surface area contributed by atoms with Crippen molar-refractivity contribution in [1.29, 1.82) is 0 Å². The van der Waals surface area contributed by atoms with Gasteiger partial charge in [0, 0.05) is 24.1 Å². The number of hydrogen-bond acceptors (Lipinski definition) is 5. The van der Waals surface area contributed by atoms with Gasteiger partial charge in [-0.1, -0.05) is 63.2 Å². The molecule has 3 N–H and O–H groups in total. The van der Waals surface area contributed by atoms with E-state index in [9.17, 15) is 13.2 Å². The first kappa shape index (κ1) is 25.9. The first-order chi connectivity index (χ1) is 18.1. The minimum absolute atomic E-state index is 0.0140. The summed E-state index contributed by atoms with van der Waals surface area (Å²) in [5.41, 5.74) is 3.61. The molecule has 2 aromatic carbocycles. The highest BCUT2D eigenvalue weighted by Gasteiger charge is 2.23. The molecule has 0 bridgehead atoms. The normalized spacial score (nSPS) is 16.0. The summed E-state index contributed by atoms with van der Waals surface area (Å²) in [6.45, 7) is 7.37. The molecule has 1 fully saturated rings. The maximum absolute atomic E-state index is 13.2. The number of fused-ring (bicyclic) bond motifs is 1. The van der Waals surface area contributed by atoms with E-state index in [4.69, 9.17) is 4.74 Å². The van der Waals surface area contributed by atoms with E-state index in [1.165, 1.54) is 6.20 Å². The number of aromatic nitrogens is 2. The number of rotatable bonds is 7. The molecule has 38 heavy (non-hydrogen) atoms. The van der Waals surface area contributed by atoms with Gasteiger partial charge in [-0.05, 0) is 47.6 Å². The zero-order valence-electron chi connectivity index (χ0n) is 21.7. The molecule has 2 aromatic heterocycles. The van der Waals surface area contributed by atoms with Crippen molar-refractivity contribution >= 4 is 32.7 Å². The summed E-state index contributed by atoms with van der Waals surface area (Å²) < 4.78 is 34.6. The van der Waals surface area contributed by atoms with E-state index in [1.54, 1.807) is 18.2 Å². The van der Waals surface area contributed by atoms with Crippen LogP contribution in [0.4, 0.5) is 5.69 Å². The van der Waals surface area contributed by atoms with Crippen molar-refractivity contribution in [2.24, 2.45) is 0 Å². The Balaban J connectivity index is 1.48. The van der Waals surface area contributed by atoms with Crippen molar-refractivity contribution in [3.63, 3.8) is 0 Å². The third-order valence-corrected chi connectivity index (χ3v) is 8.13. The van der Waals surface area contributed by atoms with E-state index < -0.39 is 10.0 Å². The number of amides is 1. The minimum Gasteiger partial charge on any atom is -0.376 e. The number of carbonyl (C=O) groups excluding carboxylic acids is 1. The maximum atomic E-state index is 13.2. The van der Waals surface area contributed by atoms with E-state index in [-0.39, 0.29) is 22.3 Å². The number of pyridine rings is 1. The second-order valence-corrected chi connectivity index (χ2v) is 12.3. The lowest BCUT2D eigenvalue weighted by Gasteiger charge is -2.19. The smallest absolute Gasteiger partial charge is 0.268 e. The van der Waals surface area contributed by atoms with E-state index >= 15 is 0 Å². The van der Waals surface area contributed by atoms with Crippen LogP contribution in [-0.4, -0.2) is 43.5 Å². The van der Waals surface area contributed by atoms with Gasteiger partial charge in [0.1, 0.15) is 11.3 Å². The highest BCUT2D eigenvalue weighted by Crippen LogP contribution is 2.34. The Morgan fingerprint density at radius 2 is 1.84 bits per heavy atom. The molecule has 198 valence electrons. The van der Waals surface area contributed by atoms with Crippen molar-refractivity contribution in [1.82, 2.24) is 15.3 Å². The molecule has 0 unspecified atom stereocenters. The first-order valence-electron chi connectivity index (χ1n) is 12.7. The number of benzene rings is 2. The first-order valence-corrected chi connectivity index (χ1v) is 14.2. The monoisotopic (exact) mass is 532 g/mol. The molecule has 4 aromatic rings. The van der Waals surface area contributed by atoms with E-state index in [2.05, 4.69) is 40.8 Å².